The van der Waals surface area contributed by atoms with Gasteiger partial charge in [-0.2, -0.15) is 0 Å². The van der Waals surface area contributed by atoms with Gasteiger partial charge in [-0.25, -0.2) is 0 Å². The maximum atomic E-state index is 12.3. The third-order valence-electron chi connectivity index (χ3n) is 4.05. The van der Waals surface area contributed by atoms with Gasteiger partial charge in [0.25, 0.3) is 0 Å². The van der Waals surface area contributed by atoms with Crippen molar-refractivity contribution < 1.29 is 4.79 Å². The van der Waals surface area contributed by atoms with Crippen LogP contribution in [0.25, 0.3) is 0 Å². The number of fused-ring (bicyclic) bond motifs is 1. The Morgan fingerprint density at radius 1 is 1.16 bits per heavy atom. The van der Waals surface area contributed by atoms with Gasteiger partial charge >= 0.3 is 0 Å². The van der Waals surface area contributed by atoms with E-state index < -0.39 is 0 Å². The molecule has 4 heteroatoms. The summed E-state index contributed by atoms with van der Waals surface area (Å²) in [5.41, 5.74) is 3.98. The van der Waals surface area contributed by atoms with Crippen molar-refractivity contribution in [3.8, 4) is 0 Å². The number of piperazine rings is 1. The Labute approximate surface area is 114 Å². The average Bonchev–Trinajstić information content (AvgIpc) is 2.48. The molecule has 1 fully saturated rings. The largest absolute Gasteiger partial charge is 0.340 e. The molecule has 2 heterocycles. The molecule has 0 aromatic heterocycles. The highest BCUT2D eigenvalue weighted by Gasteiger charge is 2.19. The number of hydrogen-bond acceptors (Lipinski definition) is 3. The van der Waals surface area contributed by atoms with Crippen LogP contribution in [-0.4, -0.2) is 43.5 Å². The topological polar surface area (TPSA) is 44.4 Å². The molecule has 3 rings (SSSR count). The van der Waals surface area contributed by atoms with Crippen LogP contribution in [0.15, 0.2) is 18.2 Å². The van der Waals surface area contributed by atoms with Crippen molar-refractivity contribution in [3.63, 3.8) is 0 Å². The summed E-state index contributed by atoms with van der Waals surface area (Å²) in [5, 5.41) is 6.66. The highest BCUT2D eigenvalue weighted by molar-refractivity contribution is 5.79. The second-order valence-electron chi connectivity index (χ2n) is 5.29. The second kappa shape index (κ2) is 5.72. The Morgan fingerprint density at radius 2 is 2.00 bits per heavy atom. The molecule has 0 radical (unpaired) electrons. The zero-order chi connectivity index (χ0) is 13.1. The third kappa shape index (κ3) is 2.80. The maximum Gasteiger partial charge on any atom is 0.227 e. The third-order valence-corrected chi connectivity index (χ3v) is 4.05. The van der Waals surface area contributed by atoms with Gasteiger partial charge in [-0.15, -0.1) is 0 Å². The fourth-order valence-electron chi connectivity index (χ4n) is 2.97. The summed E-state index contributed by atoms with van der Waals surface area (Å²) in [4.78, 5) is 14.3. The van der Waals surface area contributed by atoms with Crippen LogP contribution in [0.5, 0.6) is 0 Å². The van der Waals surface area contributed by atoms with E-state index in [4.69, 9.17) is 0 Å². The molecule has 4 nitrogen and oxygen atoms in total. The monoisotopic (exact) mass is 259 g/mol. The molecule has 19 heavy (non-hydrogen) atoms. The SMILES string of the molecule is O=C(Cc1cccc2c1CCNC2)N1CCNCC1. The van der Waals surface area contributed by atoms with Gasteiger partial charge in [0, 0.05) is 32.7 Å². The molecule has 0 aliphatic carbocycles. The van der Waals surface area contributed by atoms with Crippen LogP contribution >= 0.6 is 0 Å². The van der Waals surface area contributed by atoms with E-state index in [1.54, 1.807) is 0 Å². The Morgan fingerprint density at radius 3 is 2.84 bits per heavy atom. The fourth-order valence-corrected chi connectivity index (χ4v) is 2.97. The van der Waals surface area contributed by atoms with Crippen molar-refractivity contribution in [2.24, 2.45) is 0 Å². The van der Waals surface area contributed by atoms with Gasteiger partial charge in [0.2, 0.25) is 5.91 Å². The molecule has 2 N–H and O–H groups in total. The van der Waals surface area contributed by atoms with Gasteiger partial charge in [-0.3, -0.25) is 4.79 Å². The first-order valence-electron chi connectivity index (χ1n) is 7.13. The number of nitrogens with one attached hydrogen (secondary N) is 2. The molecule has 2 aliphatic heterocycles. The van der Waals surface area contributed by atoms with Crippen molar-refractivity contribution in [1.82, 2.24) is 15.5 Å². The number of hydrogen-bond donors (Lipinski definition) is 2. The highest BCUT2D eigenvalue weighted by Crippen LogP contribution is 2.19. The second-order valence-corrected chi connectivity index (χ2v) is 5.29. The number of nitrogens with zero attached hydrogens (tertiary/aromatic N) is 1. The number of amides is 1. The fraction of sp³-hybridized carbons (Fsp3) is 0.533. The predicted molar refractivity (Wildman–Crippen MR) is 75.0 cm³/mol. The first-order chi connectivity index (χ1) is 9.34. The summed E-state index contributed by atoms with van der Waals surface area (Å²) in [6.07, 6.45) is 1.60. The van der Waals surface area contributed by atoms with Crippen molar-refractivity contribution in [1.29, 1.82) is 0 Å². The van der Waals surface area contributed by atoms with E-state index in [1.165, 1.54) is 16.7 Å². The van der Waals surface area contributed by atoms with E-state index in [2.05, 4.69) is 28.8 Å². The zero-order valence-corrected chi connectivity index (χ0v) is 11.2. The number of carbonyl (C=O) groups excluding carboxylic acids is 1. The Balaban J connectivity index is 1.74. The Kier molecular flexibility index (Phi) is 3.80. The summed E-state index contributed by atoms with van der Waals surface area (Å²) in [6, 6.07) is 6.36. The molecule has 1 aromatic carbocycles. The van der Waals surface area contributed by atoms with E-state index in [1.807, 2.05) is 4.90 Å². The van der Waals surface area contributed by atoms with Crippen LogP contribution < -0.4 is 10.6 Å². The zero-order valence-electron chi connectivity index (χ0n) is 11.2. The van der Waals surface area contributed by atoms with E-state index >= 15 is 0 Å². The molecule has 1 aromatic rings. The number of benzene rings is 1. The molecule has 0 saturated carbocycles. The van der Waals surface area contributed by atoms with Gasteiger partial charge in [-0.1, -0.05) is 18.2 Å². The van der Waals surface area contributed by atoms with Crippen LogP contribution in [0.1, 0.15) is 16.7 Å². The Hall–Kier alpha value is -1.39. The molecular weight excluding hydrogens is 238 g/mol. The van der Waals surface area contributed by atoms with E-state index in [0.29, 0.717) is 6.42 Å². The summed E-state index contributed by atoms with van der Waals surface area (Å²) >= 11 is 0. The smallest absolute Gasteiger partial charge is 0.227 e. The van der Waals surface area contributed by atoms with Crippen LogP contribution in [0.4, 0.5) is 0 Å². The molecule has 0 unspecified atom stereocenters. The normalized spacial score (nSPS) is 19.1. The minimum atomic E-state index is 0.272. The number of rotatable bonds is 2. The molecule has 0 spiro atoms. The first-order valence-corrected chi connectivity index (χ1v) is 7.13. The lowest BCUT2D eigenvalue weighted by Crippen LogP contribution is -2.47. The summed E-state index contributed by atoms with van der Waals surface area (Å²) in [5.74, 6) is 0.272. The van der Waals surface area contributed by atoms with Crippen molar-refractivity contribution in [2.45, 2.75) is 19.4 Å². The highest BCUT2D eigenvalue weighted by atomic mass is 16.2. The predicted octanol–water partition coefficient (Wildman–Crippen LogP) is 0.307. The molecule has 2 aliphatic rings. The molecular formula is C15H21N3O. The molecule has 1 amide bonds. The van der Waals surface area contributed by atoms with Crippen molar-refractivity contribution in [3.05, 3.63) is 34.9 Å². The lowest BCUT2D eigenvalue weighted by Gasteiger charge is -2.28. The summed E-state index contributed by atoms with van der Waals surface area (Å²) in [6.45, 7) is 5.48. The van der Waals surface area contributed by atoms with Gasteiger partial charge in [0.05, 0.1) is 6.42 Å². The van der Waals surface area contributed by atoms with Crippen LogP contribution in [0, 0.1) is 0 Å². The van der Waals surface area contributed by atoms with Gasteiger partial charge < -0.3 is 15.5 Å². The van der Waals surface area contributed by atoms with E-state index in [9.17, 15) is 4.79 Å². The van der Waals surface area contributed by atoms with Gasteiger partial charge in [-0.05, 0) is 29.7 Å². The maximum absolute atomic E-state index is 12.3. The van der Waals surface area contributed by atoms with Crippen LogP contribution in [-0.2, 0) is 24.2 Å². The van der Waals surface area contributed by atoms with E-state index in [-0.39, 0.29) is 5.91 Å². The lowest BCUT2D eigenvalue weighted by atomic mass is 9.93. The summed E-state index contributed by atoms with van der Waals surface area (Å²) in [7, 11) is 0. The van der Waals surface area contributed by atoms with Gasteiger partial charge in [0.15, 0.2) is 0 Å². The minimum Gasteiger partial charge on any atom is -0.340 e. The van der Waals surface area contributed by atoms with Crippen molar-refractivity contribution in [2.75, 3.05) is 32.7 Å². The average molecular weight is 259 g/mol. The molecule has 1 saturated heterocycles. The summed E-state index contributed by atoms with van der Waals surface area (Å²) < 4.78 is 0. The first kappa shape index (κ1) is 12.6. The Bertz CT molecular complexity index is 466. The van der Waals surface area contributed by atoms with Crippen LogP contribution in [0.2, 0.25) is 0 Å². The van der Waals surface area contributed by atoms with Crippen molar-refractivity contribution >= 4 is 5.91 Å². The van der Waals surface area contributed by atoms with Crippen LogP contribution in [0.3, 0.4) is 0 Å². The number of carbonyl (C=O) groups is 1. The van der Waals surface area contributed by atoms with Gasteiger partial charge in [0.1, 0.15) is 0 Å². The molecule has 0 bridgehead atoms. The lowest BCUT2D eigenvalue weighted by molar-refractivity contribution is -0.131. The minimum absolute atomic E-state index is 0.272. The molecule has 102 valence electrons. The molecule has 0 atom stereocenters. The van der Waals surface area contributed by atoms with E-state index in [0.717, 1.165) is 45.7 Å². The quantitative estimate of drug-likeness (QED) is 0.803. The standard InChI is InChI=1S/C15H21N3O/c19-15(18-8-6-16-7-9-18)10-12-2-1-3-13-11-17-5-4-14(12)13/h1-3,16-17H,4-11H2.